The number of aromatic hydroxyl groups is 1. The molecule has 0 bridgehead atoms. The van der Waals surface area contributed by atoms with Gasteiger partial charge in [-0.2, -0.15) is 0 Å². The Labute approximate surface area is 174 Å². The Bertz CT molecular complexity index is 902. The van der Waals surface area contributed by atoms with Crippen molar-refractivity contribution >= 4 is 23.5 Å². The number of carbonyl (C=O) groups is 2. The second-order valence-electron chi connectivity index (χ2n) is 8.19. The molecule has 7 heteroatoms. The van der Waals surface area contributed by atoms with Crippen LogP contribution in [0.25, 0.3) is 0 Å². The van der Waals surface area contributed by atoms with E-state index in [0.29, 0.717) is 17.1 Å². The quantitative estimate of drug-likeness (QED) is 0.603. The van der Waals surface area contributed by atoms with Crippen LogP contribution in [0, 0.1) is 5.41 Å². The fourth-order valence-electron chi connectivity index (χ4n) is 4.45. The monoisotopic (exact) mass is 413 g/mol. The summed E-state index contributed by atoms with van der Waals surface area (Å²) in [5.41, 5.74) is 1.71. The molecule has 3 amide bonds. The Morgan fingerprint density at radius 2 is 1.66 bits per heavy atom. The number of benzene rings is 2. The number of phenolic OH excluding ortho intramolecular Hbond substituents is 1. The molecule has 152 valence electrons. The maximum Gasteiger partial charge on any atom is 0.315 e. The number of hydrogen-bond donors (Lipinski definition) is 4. The standard InChI is InChI=1S/C22H24ClN3O3/c23-16-6-4-14(5-7-16)13-24-21(29)26-18-11-22(12-18)9-17(10-22)25-20(28)15-2-1-3-19(27)8-15/h1-8,17-18,27H,9-13H2,(H,25,28)(H2,24,26,29). The third-order valence-electron chi connectivity index (χ3n) is 5.86. The molecule has 0 radical (unpaired) electrons. The van der Waals surface area contributed by atoms with E-state index in [9.17, 15) is 14.7 Å². The summed E-state index contributed by atoms with van der Waals surface area (Å²) in [7, 11) is 0. The molecule has 0 heterocycles. The van der Waals surface area contributed by atoms with E-state index in [4.69, 9.17) is 11.6 Å². The molecule has 2 fully saturated rings. The Kier molecular flexibility index (Phi) is 5.37. The van der Waals surface area contributed by atoms with Crippen LogP contribution in [0.2, 0.25) is 5.02 Å². The summed E-state index contributed by atoms with van der Waals surface area (Å²) in [5, 5.41) is 19.1. The molecular formula is C22H24ClN3O3. The SMILES string of the molecule is O=C(NCc1ccc(Cl)cc1)NC1CC2(C1)CC(NC(=O)c1cccc(O)c1)C2. The predicted octanol–water partition coefficient (Wildman–Crippen LogP) is 3.59. The molecule has 2 aliphatic carbocycles. The van der Waals surface area contributed by atoms with E-state index in [1.807, 2.05) is 12.1 Å². The molecule has 4 N–H and O–H groups in total. The van der Waals surface area contributed by atoms with E-state index in [1.54, 1.807) is 30.3 Å². The number of halogens is 1. The van der Waals surface area contributed by atoms with Gasteiger partial charge in [0.25, 0.3) is 5.91 Å². The van der Waals surface area contributed by atoms with Crippen molar-refractivity contribution < 1.29 is 14.7 Å². The minimum Gasteiger partial charge on any atom is -0.508 e. The van der Waals surface area contributed by atoms with Crippen LogP contribution in [-0.4, -0.2) is 29.1 Å². The molecule has 0 aliphatic heterocycles. The van der Waals surface area contributed by atoms with Gasteiger partial charge in [-0.1, -0.05) is 29.8 Å². The number of phenols is 1. The van der Waals surface area contributed by atoms with Crippen LogP contribution in [0.5, 0.6) is 5.75 Å². The molecule has 0 saturated heterocycles. The largest absolute Gasteiger partial charge is 0.508 e. The highest BCUT2D eigenvalue weighted by atomic mass is 35.5. The van der Waals surface area contributed by atoms with Crippen LogP contribution in [-0.2, 0) is 6.54 Å². The van der Waals surface area contributed by atoms with Gasteiger partial charge in [0, 0.05) is 29.2 Å². The van der Waals surface area contributed by atoms with Gasteiger partial charge >= 0.3 is 6.03 Å². The zero-order valence-electron chi connectivity index (χ0n) is 16.0. The molecule has 0 atom stereocenters. The summed E-state index contributed by atoms with van der Waals surface area (Å²) in [5.74, 6) is -0.0682. The third kappa shape index (κ3) is 4.65. The first-order chi connectivity index (χ1) is 13.9. The summed E-state index contributed by atoms with van der Waals surface area (Å²) < 4.78 is 0. The lowest BCUT2D eigenvalue weighted by atomic mass is 9.52. The minimum atomic E-state index is -0.159. The highest BCUT2D eigenvalue weighted by molar-refractivity contribution is 6.30. The van der Waals surface area contributed by atoms with Crippen molar-refractivity contribution in [3.8, 4) is 5.75 Å². The van der Waals surface area contributed by atoms with E-state index >= 15 is 0 Å². The molecule has 4 rings (SSSR count). The molecule has 1 spiro atoms. The van der Waals surface area contributed by atoms with Gasteiger partial charge in [0.1, 0.15) is 5.75 Å². The highest BCUT2D eigenvalue weighted by Gasteiger charge is 2.53. The van der Waals surface area contributed by atoms with Crippen LogP contribution >= 0.6 is 11.6 Å². The molecule has 29 heavy (non-hydrogen) atoms. The molecule has 0 aromatic heterocycles. The van der Waals surface area contributed by atoms with E-state index in [1.165, 1.54) is 6.07 Å². The zero-order chi connectivity index (χ0) is 20.4. The van der Waals surface area contributed by atoms with Crippen molar-refractivity contribution in [3.63, 3.8) is 0 Å². The highest BCUT2D eigenvalue weighted by Crippen LogP contribution is 2.55. The topological polar surface area (TPSA) is 90.5 Å². The number of carbonyl (C=O) groups excluding carboxylic acids is 2. The fourth-order valence-corrected chi connectivity index (χ4v) is 4.57. The van der Waals surface area contributed by atoms with E-state index < -0.39 is 0 Å². The number of amides is 3. The number of nitrogens with one attached hydrogen (secondary N) is 3. The smallest absolute Gasteiger partial charge is 0.315 e. The first-order valence-electron chi connectivity index (χ1n) is 9.80. The summed E-state index contributed by atoms with van der Waals surface area (Å²) in [6.07, 6.45) is 3.75. The average molecular weight is 414 g/mol. The lowest BCUT2D eigenvalue weighted by molar-refractivity contribution is -0.0236. The Hall–Kier alpha value is -2.73. The van der Waals surface area contributed by atoms with Crippen molar-refractivity contribution in [2.24, 2.45) is 5.41 Å². The summed E-state index contributed by atoms with van der Waals surface area (Å²) in [6.45, 7) is 0.462. The number of urea groups is 1. The Morgan fingerprint density at radius 3 is 2.31 bits per heavy atom. The average Bonchev–Trinajstić information content (AvgIpc) is 2.64. The maximum atomic E-state index is 12.2. The summed E-state index contributed by atoms with van der Waals surface area (Å²) >= 11 is 5.86. The van der Waals surface area contributed by atoms with Gasteiger partial charge in [-0.05, 0) is 67.0 Å². The van der Waals surface area contributed by atoms with Gasteiger partial charge in [-0.15, -0.1) is 0 Å². The lowest BCUT2D eigenvalue weighted by Gasteiger charge is -2.57. The van der Waals surface area contributed by atoms with Crippen LogP contribution in [0.1, 0.15) is 41.6 Å². The second kappa shape index (κ2) is 7.95. The van der Waals surface area contributed by atoms with Crippen molar-refractivity contribution in [3.05, 3.63) is 64.7 Å². The van der Waals surface area contributed by atoms with Crippen LogP contribution in [0.4, 0.5) is 4.79 Å². The van der Waals surface area contributed by atoms with Crippen LogP contribution in [0.15, 0.2) is 48.5 Å². The van der Waals surface area contributed by atoms with Crippen LogP contribution in [0.3, 0.4) is 0 Å². The third-order valence-corrected chi connectivity index (χ3v) is 6.11. The van der Waals surface area contributed by atoms with E-state index in [2.05, 4.69) is 16.0 Å². The van der Waals surface area contributed by atoms with Gasteiger partial charge in [-0.25, -0.2) is 4.79 Å². The molecule has 2 saturated carbocycles. The first kappa shape index (κ1) is 19.6. The molecule has 6 nitrogen and oxygen atoms in total. The molecule has 2 aromatic rings. The van der Waals surface area contributed by atoms with Crippen molar-refractivity contribution in [1.29, 1.82) is 0 Å². The normalized spacial score (nSPS) is 24.9. The molecule has 2 aliphatic rings. The molecule has 0 unspecified atom stereocenters. The minimum absolute atomic E-state index is 0.0879. The number of hydrogen-bond acceptors (Lipinski definition) is 3. The summed E-state index contributed by atoms with van der Waals surface area (Å²) in [6, 6.07) is 13.9. The van der Waals surface area contributed by atoms with Gasteiger partial charge in [0.15, 0.2) is 0 Å². The Balaban J connectivity index is 1.15. The second-order valence-corrected chi connectivity index (χ2v) is 8.62. The van der Waals surface area contributed by atoms with Gasteiger partial charge in [0.05, 0.1) is 0 Å². The van der Waals surface area contributed by atoms with Crippen LogP contribution < -0.4 is 16.0 Å². The lowest BCUT2D eigenvalue weighted by Crippen LogP contribution is -2.61. The molecular weight excluding hydrogens is 390 g/mol. The van der Waals surface area contributed by atoms with Crippen molar-refractivity contribution in [2.45, 2.75) is 44.3 Å². The molecule has 2 aromatic carbocycles. The van der Waals surface area contributed by atoms with E-state index in [0.717, 1.165) is 31.2 Å². The van der Waals surface area contributed by atoms with Gasteiger partial charge < -0.3 is 21.1 Å². The Morgan fingerprint density at radius 1 is 1.00 bits per heavy atom. The van der Waals surface area contributed by atoms with Crippen molar-refractivity contribution in [1.82, 2.24) is 16.0 Å². The predicted molar refractivity (Wildman–Crippen MR) is 111 cm³/mol. The summed E-state index contributed by atoms with van der Waals surface area (Å²) in [4.78, 5) is 24.3. The van der Waals surface area contributed by atoms with Gasteiger partial charge in [0.2, 0.25) is 0 Å². The van der Waals surface area contributed by atoms with Gasteiger partial charge in [-0.3, -0.25) is 4.79 Å². The van der Waals surface area contributed by atoms with E-state index in [-0.39, 0.29) is 35.2 Å². The fraction of sp³-hybridized carbons (Fsp3) is 0.364. The maximum absolute atomic E-state index is 12.2. The first-order valence-corrected chi connectivity index (χ1v) is 10.2. The number of rotatable bonds is 5. The zero-order valence-corrected chi connectivity index (χ0v) is 16.7. The van der Waals surface area contributed by atoms with Crippen molar-refractivity contribution in [2.75, 3.05) is 0 Å².